The van der Waals surface area contributed by atoms with E-state index in [-0.39, 0.29) is 18.3 Å². The van der Waals surface area contributed by atoms with Gasteiger partial charge in [-0.25, -0.2) is 4.98 Å². The highest BCUT2D eigenvalue weighted by Crippen LogP contribution is 2.26. The van der Waals surface area contributed by atoms with E-state index in [0.29, 0.717) is 23.1 Å². The van der Waals surface area contributed by atoms with Gasteiger partial charge in [-0.3, -0.25) is 4.79 Å². The number of hydrogen-bond acceptors (Lipinski definition) is 6. The summed E-state index contributed by atoms with van der Waals surface area (Å²) >= 11 is 1.27. The highest BCUT2D eigenvalue weighted by Gasteiger charge is 2.21. The summed E-state index contributed by atoms with van der Waals surface area (Å²) in [7, 11) is 0. The number of nitrogens with zero attached hydrogens (tertiary/aromatic N) is 2. The van der Waals surface area contributed by atoms with Crippen molar-refractivity contribution in [2.24, 2.45) is 0 Å². The zero-order valence-corrected chi connectivity index (χ0v) is 12.3. The number of hydrogen-bond donors (Lipinski definition) is 3. The van der Waals surface area contributed by atoms with Gasteiger partial charge in [0.1, 0.15) is 10.7 Å². The number of nitrogen functional groups attached to an aromatic ring is 1. The molecule has 0 atom stereocenters. The summed E-state index contributed by atoms with van der Waals surface area (Å²) in [5, 5.41) is 12.8. The van der Waals surface area contributed by atoms with Crippen LogP contribution in [0.2, 0.25) is 0 Å². The molecule has 0 aliphatic carbocycles. The number of aromatic nitrogens is 1. The minimum atomic E-state index is -0.157. The zero-order valence-electron chi connectivity index (χ0n) is 11.5. The lowest BCUT2D eigenvalue weighted by atomic mass is 10.3. The lowest BCUT2D eigenvalue weighted by molar-refractivity contribution is 0.0727. The fourth-order valence-electron chi connectivity index (χ4n) is 1.64. The second kappa shape index (κ2) is 7.96. The largest absolute Gasteiger partial charge is 0.395 e. The van der Waals surface area contributed by atoms with Gasteiger partial charge in [-0.15, -0.1) is 0 Å². The van der Waals surface area contributed by atoms with E-state index in [2.05, 4.69) is 17.2 Å². The molecular weight excluding hydrogens is 264 g/mol. The average Bonchev–Trinajstić information content (AvgIpc) is 2.76. The molecule has 1 heterocycles. The molecule has 0 aromatic carbocycles. The second-order valence-corrected chi connectivity index (χ2v) is 5.18. The molecule has 0 radical (unpaired) electrons. The number of amides is 1. The van der Waals surface area contributed by atoms with Crippen LogP contribution in [0.15, 0.2) is 0 Å². The predicted octanol–water partition coefficient (Wildman–Crippen LogP) is 1.39. The molecule has 0 saturated heterocycles. The number of carbonyl (C=O) groups excluding carboxylic acids is 1. The van der Waals surface area contributed by atoms with Gasteiger partial charge in [0.2, 0.25) is 0 Å². The van der Waals surface area contributed by atoms with Crippen molar-refractivity contribution >= 4 is 28.2 Å². The molecule has 1 amide bonds. The Bertz CT molecular complexity index is 402. The number of thiazole rings is 1. The average molecular weight is 286 g/mol. The molecule has 1 rings (SSSR count). The lowest BCUT2D eigenvalue weighted by Crippen LogP contribution is -2.34. The van der Waals surface area contributed by atoms with Crippen molar-refractivity contribution in [3.63, 3.8) is 0 Å². The van der Waals surface area contributed by atoms with Gasteiger partial charge >= 0.3 is 0 Å². The molecule has 0 bridgehead atoms. The van der Waals surface area contributed by atoms with Crippen molar-refractivity contribution in [1.29, 1.82) is 0 Å². The van der Waals surface area contributed by atoms with Crippen LogP contribution in [0, 0.1) is 0 Å². The lowest BCUT2D eigenvalue weighted by Gasteiger charge is -2.20. The number of carbonyl (C=O) groups is 1. The summed E-state index contributed by atoms with van der Waals surface area (Å²) in [6.07, 6.45) is 1.82. The van der Waals surface area contributed by atoms with Crippen LogP contribution >= 0.6 is 11.3 Å². The van der Waals surface area contributed by atoms with Crippen molar-refractivity contribution in [1.82, 2.24) is 9.88 Å². The number of aliphatic hydroxyl groups is 1. The molecule has 0 saturated carbocycles. The van der Waals surface area contributed by atoms with Crippen molar-refractivity contribution in [3.8, 4) is 0 Å². The van der Waals surface area contributed by atoms with E-state index in [1.807, 2.05) is 6.92 Å². The van der Waals surface area contributed by atoms with Crippen LogP contribution < -0.4 is 11.1 Å². The summed E-state index contributed by atoms with van der Waals surface area (Å²) in [5.41, 5.74) is 5.79. The Kier molecular flexibility index (Phi) is 6.58. The van der Waals surface area contributed by atoms with Crippen molar-refractivity contribution in [2.75, 3.05) is 37.3 Å². The second-order valence-electron chi connectivity index (χ2n) is 4.18. The number of rotatable bonds is 8. The summed E-state index contributed by atoms with van der Waals surface area (Å²) in [6, 6.07) is 0. The monoisotopic (exact) mass is 286 g/mol. The molecule has 1 aromatic heterocycles. The Balaban J connectivity index is 2.81. The summed E-state index contributed by atoms with van der Waals surface area (Å²) in [6.45, 7) is 5.72. The van der Waals surface area contributed by atoms with Crippen molar-refractivity contribution in [3.05, 3.63) is 4.88 Å². The van der Waals surface area contributed by atoms with Gasteiger partial charge < -0.3 is 21.1 Å². The Morgan fingerprint density at radius 3 is 2.74 bits per heavy atom. The molecule has 0 aliphatic heterocycles. The minimum absolute atomic E-state index is 0.0502. The maximum atomic E-state index is 12.3. The van der Waals surface area contributed by atoms with Crippen LogP contribution in [0.1, 0.15) is 36.4 Å². The van der Waals surface area contributed by atoms with Crippen molar-refractivity contribution in [2.45, 2.75) is 26.7 Å². The topological polar surface area (TPSA) is 91.5 Å². The third-order valence-corrected chi connectivity index (χ3v) is 3.54. The van der Waals surface area contributed by atoms with E-state index in [0.717, 1.165) is 19.4 Å². The van der Waals surface area contributed by atoms with E-state index in [4.69, 9.17) is 10.8 Å². The Morgan fingerprint density at radius 2 is 2.16 bits per heavy atom. The number of nitrogens with two attached hydrogens (primary N) is 1. The normalized spacial score (nSPS) is 10.5. The van der Waals surface area contributed by atoms with Gasteiger partial charge in [0.05, 0.1) is 6.61 Å². The fraction of sp³-hybridized carbons (Fsp3) is 0.667. The van der Waals surface area contributed by atoms with E-state index in [1.54, 1.807) is 4.90 Å². The van der Waals surface area contributed by atoms with E-state index >= 15 is 0 Å². The Morgan fingerprint density at radius 1 is 1.42 bits per heavy atom. The summed E-state index contributed by atoms with van der Waals surface area (Å²) < 4.78 is 0. The van der Waals surface area contributed by atoms with Gasteiger partial charge in [0.25, 0.3) is 5.91 Å². The molecule has 6 nitrogen and oxygen atoms in total. The molecule has 0 spiro atoms. The molecule has 4 N–H and O–H groups in total. The first-order valence-corrected chi connectivity index (χ1v) is 7.35. The SMILES string of the molecule is CCCNc1nc(N)c(C(=O)N(CCC)CCO)s1. The molecule has 7 heteroatoms. The highest BCUT2D eigenvalue weighted by molar-refractivity contribution is 7.18. The third-order valence-electron chi connectivity index (χ3n) is 2.52. The van der Waals surface area contributed by atoms with Gasteiger partial charge in [0.15, 0.2) is 5.13 Å². The van der Waals surface area contributed by atoms with Crippen LogP contribution in [0.25, 0.3) is 0 Å². The van der Waals surface area contributed by atoms with E-state index in [9.17, 15) is 4.79 Å². The molecule has 1 aromatic rings. The minimum Gasteiger partial charge on any atom is -0.395 e. The Hall–Kier alpha value is -1.34. The third kappa shape index (κ3) is 4.36. The summed E-state index contributed by atoms with van der Waals surface area (Å²) in [4.78, 5) is 18.5. The molecule has 19 heavy (non-hydrogen) atoms. The molecule has 0 unspecified atom stereocenters. The van der Waals surface area contributed by atoms with Crippen LogP contribution in [-0.2, 0) is 0 Å². The number of anilines is 2. The fourth-order valence-corrected chi connectivity index (χ4v) is 2.52. The van der Waals surface area contributed by atoms with E-state index in [1.165, 1.54) is 11.3 Å². The van der Waals surface area contributed by atoms with E-state index < -0.39 is 0 Å². The van der Waals surface area contributed by atoms with Crippen LogP contribution in [0.3, 0.4) is 0 Å². The maximum Gasteiger partial charge on any atom is 0.267 e. The number of aliphatic hydroxyl groups excluding tert-OH is 1. The predicted molar refractivity (Wildman–Crippen MR) is 78.6 cm³/mol. The molecule has 0 aliphatic rings. The molecule has 108 valence electrons. The highest BCUT2D eigenvalue weighted by atomic mass is 32.1. The quantitative estimate of drug-likeness (QED) is 0.672. The molecular formula is C12H22N4O2S. The summed E-state index contributed by atoms with van der Waals surface area (Å²) in [5.74, 6) is 0.100. The first-order valence-electron chi connectivity index (χ1n) is 6.54. The first-order chi connectivity index (χ1) is 9.13. The molecule has 0 fully saturated rings. The smallest absolute Gasteiger partial charge is 0.267 e. The number of nitrogens with one attached hydrogen (secondary N) is 1. The maximum absolute atomic E-state index is 12.3. The van der Waals surface area contributed by atoms with Gasteiger partial charge in [0, 0.05) is 19.6 Å². The Labute approximate surface area is 117 Å². The van der Waals surface area contributed by atoms with Gasteiger partial charge in [-0.05, 0) is 12.8 Å². The van der Waals surface area contributed by atoms with Crippen LogP contribution in [0.5, 0.6) is 0 Å². The van der Waals surface area contributed by atoms with Crippen LogP contribution in [0.4, 0.5) is 10.9 Å². The van der Waals surface area contributed by atoms with Crippen LogP contribution in [-0.4, -0.2) is 47.1 Å². The van der Waals surface area contributed by atoms with Gasteiger partial charge in [-0.2, -0.15) is 0 Å². The van der Waals surface area contributed by atoms with Gasteiger partial charge in [-0.1, -0.05) is 25.2 Å². The van der Waals surface area contributed by atoms with Crippen molar-refractivity contribution < 1.29 is 9.90 Å². The zero-order chi connectivity index (χ0) is 14.3. The first kappa shape index (κ1) is 15.7. The standard InChI is InChI=1S/C12H22N4O2S/c1-3-5-14-12-15-10(13)9(19-12)11(18)16(6-4-2)7-8-17/h17H,3-8,13H2,1-2H3,(H,14,15).